The molecule has 5 rings (SSSR count). The molecule has 1 amide bonds. The predicted octanol–water partition coefficient (Wildman–Crippen LogP) is 0.684. The van der Waals surface area contributed by atoms with Crippen molar-refractivity contribution in [3.63, 3.8) is 0 Å². The van der Waals surface area contributed by atoms with E-state index in [0.717, 1.165) is 0 Å². The van der Waals surface area contributed by atoms with Crippen LogP contribution in [0.15, 0.2) is 69.6 Å². The number of aromatic nitrogens is 1. The quantitative estimate of drug-likeness (QED) is 0.358. The summed E-state index contributed by atoms with van der Waals surface area (Å²) in [5, 5.41) is 22.2. The minimum absolute atomic E-state index is 0.0706. The van der Waals surface area contributed by atoms with Crippen molar-refractivity contribution in [2.24, 2.45) is 29.0 Å². The number of amidine groups is 1. The largest absolute Gasteiger partial charge is 0.507 e. The number of guanidine groups is 1. The molecule has 1 fully saturated rings. The number of hydrazone groups is 2. The van der Waals surface area contributed by atoms with Gasteiger partial charge in [0.15, 0.2) is 5.84 Å². The minimum atomic E-state index is -0.884. The number of carbonyl (C=O) groups excluding carboxylic acids is 1. The third-order valence-electron chi connectivity index (χ3n) is 5.65. The van der Waals surface area contributed by atoms with E-state index in [1.54, 1.807) is 36.2 Å². The maximum atomic E-state index is 13.2. The molecule has 5 N–H and O–H groups in total. The fraction of sp³-hybridized carbons (Fsp3) is 0.143. The third-order valence-corrected chi connectivity index (χ3v) is 5.65. The van der Waals surface area contributed by atoms with Crippen molar-refractivity contribution in [2.45, 2.75) is 6.04 Å². The highest BCUT2D eigenvalue weighted by atomic mass is 16.3. The Labute approximate surface area is 176 Å². The van der Waals surface area contributed by atoms with Gasteiger partial charge in [0.1, 0.15) is 11.7 Å². The molecule has 1 saturated heterocycles. The van der Waals surface area contributed by atoms with Crippen LogP contribution in [-0.4, -0.2) is 27.4 Å². The molecular formula is C21H19N7O3. The molecule has 10 nitrogen and oxygen atoms in total. The van der Waals surface area contributed by atoms with Gasteiger partial charge in [-0.3, -0.25) is 25.2 Å². The Balaban J connectivity index is 1.66. The molecule has 156 valence electrons. The van der Waals surface area contributed by atoms with Crippen LogP contribution >= 0.6 is 0 Å². The molecule has 2 atom stereocenters. The first kappa shape index (κ1) is 18.7. The first-order valence-electron chi connectivity index (χ1n) is 9.60. The molecule has 3 heterocycles. The summed E-state index contributed by atoms with van der Waals surface area (Å²) in [6, 6.07) is 15.3. The average molecular weight is 417 g/mol. The van der Waals surface area contributed by atoms with E-state index in [0.29, 0.717) is 22.4 Å². The number of aromatic hydroxyl groups is 1. The fourth-order valence-electron chi connectivity index (χ4n) is 4.17. The molecule has 0 bridgehead atoms. The maximum Gasteiger partial charge on any atom is 0.259 e. The van der Waals surface area contributed by atoms with Crippen molar-refractivity contribution in [2.75, 3.05) is 4.90 Å². The Morgan fingerprint density at radius 3 is 2.55 bits per heavy atom. The Kier molecular flexibility index (Phi) is 4.14. The summed E-state index contributed by atoms with van der Waals surface area (Å²) in [5.74, 6) is 4.47. The lowest BCUT2D eigenvalue weighted by Crippen LogP contribution is -2.59. The molecule has 2 aliphatic rings. The van der Waals surface area contributed by atoms with E-state index in [1.165, 1.54) is 4.57 Å². The Bertz CT molecular complexity index is 1330. The second kappa shape index (κ2) is 6.87. The van der Waals surface area contributed by atoms with Crippen LogP contribution in [0.2, 0.25) is 0 Å². The average Bonchev–Trinajstić information content (AvgIpc) is 3.23. The molecule has 2 aliphatic heterocycles. The van der Waals surface area contributed by atoms with Gasteiger partial charge in [-0.1, -0.05) is 30.3 Å². The lowest BCUT2D eigenvalue weighted by molar-refractivity contribution is -0.122. The second-order valence-electron chi connectivity index (χ2n) is 7.31. The summed E-state index contributed by atoms with van der Waals surface area (Å²) in [7, 11) is 1.63. The standard InChI is InChI=1S/C21H19N7O3/c1-27-13-10-6-5-9-12(13)17(29)14(20(27)31)16-15-18(26-25-16)28(11-7-3-2-4-8-11)21(24-22)23-19(15)30/h2-10,15-16,25,29H,22H2,1H3,(H,23,24,30)/t15-,16+/m1/s1. The third kappa shape index (κ3) is 2.65. The molecule has 0 spiro atoms. The molecule has 0 aliphatic carbocycles. The van der Waals surface area contributed by atoms with Crippen LogP contribution in [0.3, 0.4) is 0 Å². The van der Waals surface area contributed by atoms with Crippen molar-refractivity contribution in [3.8, 4) is 5.75 Å². The van der Waals surface area contributed by atoms with Gasteiger partial charge in [0.2, 0.25) is 11.9 Å². The zero-order chi connectivity index (χ0) is 21.7. The molecule has 31 heavy (non-hydrogen) atoms. The summed E-state index contributed by atoms with van der Waals surface area (Å²) in [5.41, 5.74) is 3.81. The Hall–Kier alpha value is -4.34. The zero-order valence-electron chi connectivity index (χ0n) is 16.5. The Morgan fingerprint density at radius 1 is 1.10 bits per heavy atom. The van der Waals surface area contributed by atoms with Crippen molar-refractivity contribution in [3.05, 3.63) is 70.5 Å². The van der Waals surface area contributed by atoms with Gasteiger partial charge in [0, 0.05) is 12.4 Å². The first-order chi connectivity index (χ1) is 15.0. The van der Waals surface area contributed by atoms with Crippen LogP contribution in [0.1, 0.15) is 11.6 Å². The number of nitrogens with two attached hydrogens (primary N) is 1. The van der Waals surface area contributed by atoms with Crippen LogP contribution in [0, 0.1) is 5.92 Å². The number of pyridine rings is 1. The predicted molar refractivity (Wildman–Crippen MR) is 116 cm³/mol. The zero-order valence-corrected chi connectivity index (χ0v) is 16.5. The number of rotatable bonds is 2. The Morgan fingerprint density at radius 2 is 1.81 bits per heavy atom. The summed E-state index contributed by atoms with van der Waals surface area (Å²) in [6.45, 7) is 0. The molecule has 10 heteroatoms. The van der Waals surface area contributed by atoms with Crippen LogP contribution in [0.5, 0.6) is 5.75 Å². The van der Waals surface area contributed by atoms with Gasteiger partial charge in [-0.25, -0.2) is 0 Å². The highest BCUT2D eigenvalue weighted by Gasteiger charge is 2.48. The van der Waals surface area contributed by atoms with Crippen LogP contribution in [-0.2, 0) is 11.8 Å². The van der Waals surface area contributed by atoms with E-state index in [-0.39, 0.29) is 17.3 Å². The van der Waals surface area contributed by atoms with Crippen LogP contribution in [0.4, 0.5) is 5.69 Å². The van der Waals surface area contributed by atoms with Gasteiger partial charge >= 0.3 is 0 Å². The molecule has 0 unspecified atom stereocenters. The number of anilines is 1. The number of benzene rings is 2. The van der Waals surface area contributed by atoms with Crippen molar-refractivity contribution >= 4 is 34.3 Å². The van der Waals surface area contributed by atoms with Gasteiger partial charge in [-0.15, -0.1) is 5.10 Å². The minimum Gasteiger partial charge on any atom is -0.507 e. The van der Waals surface area contributed by atoms with Crippen molar-refractivity contribution in [1.29, 1.82) is 0 Å². The molecular weight excluding hydrogens is 398 g/mol. The topological polar surface area (TPSA) is 137 Å². The van der Waals surface area contributed by atoms with Gasteiger partial charge in [-0.05, 0) is 24.3 Å². The lowest BCUT2D eigenvalue weighted by atomic mass is 9.90. The monoisotopic (exact) mass is 417 g/mol. The molecule has 3 aromatic rings. The molecule has 2 aromatic carbocycles. The normalized spacial score (nSPS) is 21.6. The summed E-state index contributed by atoms with van der Waals surface area (Å²) < 4.78 is 1.45. The molecule has 0 radical (unpaired) electrons. The van der Waals surface area contributed by atoms with Gasteiger partial charge in [0.25, 0.3) is 5.56 Å². The molecule has 1 aromatic heterocycles. The van der Waals surface area contributed by atoms with E-state index in [9.17, 15) is 14.7 Å². The number of fused-ring (bicyclic) bond motifs is 2. The van der Waals surface area contributed by atoms with Crippen molar-refractivity contribution < 1.29 is 9.90 Å². The van der Waals surface area contributed by atoms with E-state index in [1.807, 2.05) is 30.3 Å². The second-order valence-corrected chi connectivity index (χ2v) is 7.31. The number of nitrogens with one attached hydrogen (secondary N) is 2. The number of hydrogen-bond acceptors (Lipinski definition) is 7. The number of hydrogen-bond donors (Lipinski definition) is 4. The van der Waals surface area contributed by atoms with E-state index in [4.69, 9.17) is 5.84 Å². The van der Waals surface area contributed by atoms with Gasteiger partial charge < -0.3 is 15.5 Å². The number of aryl methyl sites for hydroxylation is 1. The van der Waals surface area contributed by atoms with Gasteiger partial charge in [0.05, 0.1) is 22.8 Å². The number of carbonyl (C=O) groups is 1. The highest BCUT2D eigenvalue weighted by Crippen LogP contribution is 2.38. The van der Waals surface area contributed by atoms with Crippen LogP contribution in [0.25, 0.3) is 10.9 Å². The van der Waals surface area contributed by atoms with E-state index >= 15 is 0 Å². The first-order valence-corrected chi connectivity index (χ1v) is 9.60. The van der Waals surface area contributed by atoms with Gasteiger partial charge in [-0.2, -0.15) is 5.10 Å². The molecule has 0 saturated carbocycles. The number of para-hydroxylation sites is 2. The lowest BCUT2D eigenvalue weighted by Gasteiger charge is -2.34. The SMILES string of the molecule is Cn1c(=O)c([C@@H]2NN=C3[C@@H]2C(=O)N/C(=N\N)N3c2ccccc2)c(O)c2ccccc21. The maximum absolute atomic E-state index is 13.2. The number of nitrogens with zero attached hydrogens (tertiary/aromatic N) is 4. The van der Waals surface area contributed by atoms with Crippen LogP contribution < -0.4 is 27.0 Å². The fourth-order valence-corrected chi connectivity index (χ4v) is 4.17. The number of amides is 1. The van der Waals surface area contributed by atoms with E-state index in [2.05, 4.69) is 20.9 Å². The summed E-state index contributed by atoms with van der Waals surface area (Å²) >= 11 is 0. The highest BCUT2D eigenvalue weighted by molar-refractivity contribution is 6.31. The van der Waals surface area contributed by atoms with E-state index < -0.39 is 23.4 Å². The summed E-state index contributed by atoms with van der Waals surface area (Å²) in [6.07, 6.45) is 0. The summed E-state index contributed by atoms with van der Waals surface area (Å²) in [4.78, 5) is 27.8. The smallest absolute Gasteiger partial charge is 0.259 e. The van der Waals surface area contributed by atoms with Crippen molar-refractivity contribution in [1.82, 2.24) is 15.3 Å².